The summed E-state index contributed by atoms with van der Waals surface area (Å²) in [7, 11) is 0. The highest BCUT2D eigenvalue weighted by Crippen LogP contribution is 2.20. The molecule has 1 rings (SSSR count). The van der Waals surface area contributed by atoms with E-state index in [0.29, 0.717) is 6.61 Å². The van der Waals surface area contributed by atoms with Crippen LogP contribution in [0.4, 0.5) is 0 Å². The minimum atomic E-state index is -0.449. The average molecular weight is 143 g/mol. The first-order valence-corrected chi connectivity index (χ1v) is 3.15. The van der Waals surface area contributed by atoms with Crippen LogP contribution >= 0.6 is 0 Å². The molecule has 1 aliphatic heterocycles. The van der Waals surface area contributed by atoms with Crippen molar-refractivity contribution in [3.05, 3.63) is 10.4 Å². The van der Waals surface area contributed by atoms with Gasteiger partial charge in [0.15, 0.2) is 0 Å². The van der Waals surface area contributed by atoms with E-state index in [1.165, 1.54) is 0 Å². The molecule has 2 unspecified atom stereocenters. The molecule has 0 saturated carbocycles. The van der Waals surface area contributed by atoms with E-state index in [2.05, 4.69) is 10.0 Å². The lowest BCUT2D eigenvalue weighted by atomic mass is 10.1. The number of azide groups is 1. The predicted molar refractivity (Wildman–Crippen MR) is 34.1 cm³/mol. The summed E-state index contributed by atoms with van der Waals surface area (Å²) < 4.78 is 5.02. The normalized spacial score (nSPS) is 31.7. The van der Waals surface area contributed by atoms with Gasteiger partial charge >= 0.3 is 0 Å². The van der Waals surface area contributed by atoms with Crippen molar-refractivity contribution in [2.45, 2.75) is 12.6 Å². The number of aliphatic hydroxyl groups excluding tert-OH is 1. The van der Waals surface area contributed by atoms with E-state index in [1.54, 1.807) is 0 Å². The number of ether oxygens (including phenoxy) is 1. The molecule has 0 aromatic rings. The van der Waals surface area contributed by atoms with Crippen LogP contribution in [0.5, 0.6) is 0 Å². The van der Waals surface area contributed by atoms with E-state index in [-0.39, 0.29) is 12.5 Å². The maximum Gasteiger partial charge on any atom is 0.141 e. The van der Waals surface area contributed by atoms with Gasteiger partial charge in [-0.05, 0) is 12.0 Å². The summed E-state index contributed by atoms with van der Waals surface area (Å²) in [5, 5.41) is 12.1. The van der Waals surface area contributed by atoms with Gasteiger partial charge in [0.05, 0.1) is 0 Å². The molecule has 56 valence electrons. The summed E-state index contributed by atoms with van der Waals surface area (Å²) in [6.07, 6.45) is 0.329. The summed E-state index contributed by atoms with van der Waals surface area (Å²) in [5.74, 6) is -0.00380. The second-order valence-electron chi connectivity index (χ2n) is 2.20. The smallest absolute Gasteiger partial charge is 0.141 e. The molecular weight excluding hydrogens is 134 g/mol. The van der Waals surface area contributed by atoms with Gasteiger partial charge in [-0.2, -0.15) is 0 Å². The molecule has 0 radical (unpaired) electrons. The third-order valence-electron chi connectivity index (χ3n) is 1.58. The molecule has 1 fully saturated rings. The Labute approximate surface area is 58.2 Å². The summed E-state index contributed by atoms with van der Waals surface area (Å²) >= 11 is 0. The zero-order chi connectivity index (χ0) is 7.40. The van der Waals surface area contributed by atoms with Crippen molar-refractivity contribution >= 4 is 0 Å². The van der Waals surface area contributed by atoms with E-state index in [9.17, 15) is 0 Å². The van der Waals surface area contributed by atoms with Crippen LogP contribution in [0.15, 0.2) is 5.11 Å². The van der Waals surface area contributed by atoms with Crippen molar-refractivity contribution in [2.75, 3.05) is 13.2 Å². The van der Waals surface area contributed by atoms with Crippen molar-refractivity contribution in [3.8, 4) is 0 Å². The first kappa shape index (κ1) is 7.34. The van der Waals surface area contributed by atoms with Gasteiger partial charge in [-0.3, -0.25) is 0 Å². The van der Waals surface area contributed by atoms with Crippen LogP contribution in [0.2, 0.25) is 0 Å². The highest BCUT2D eigenvalue weighted by Gasteiger charge is 2.25. The summed E-state index contributed by atoms with van der Waals surface area (Å²) in [5.41, 5.74) is 8.04. The maximum absolute atomic E-state index is 8.70. The molecule has 0 aromatic carbocycles. The quantitative estimate of drug-likeness (QED) is 0.350. The van der Waals surface area contributed by atoms with Gasteiger partial charge in [0.1, 0.15) is 6.23 Å². The minimum absolute atomic E-state index is 0.00380. The van der Waals surface area contributed by atoms with Gasteiger partial charge in [0.25, 0.3) is 0 Å². The molecule has 1 aliphatic rings. The number of aliphatic hydroxyl groups is 1. The third kappa shape index (κ3) is 1.39. The van der Waals surface area contributed by atoms with Gasteiger partial charge < -0.3 is 9.84 Å². The standard InChI is InChI=1S/C5H9N3O2/c6-8-7-5-4(3-9)1-2-10-5/h4-5,9H,1-3H2. The molecule has 1 saturated heterocycles. The third-order valence-corrected chi connectivity index (χ3v) is 1.58. The highest BCUT2D eigenvalue weighted by molar-refractivity contribution is 4.73. The minimum Gasteiger partial charge on any atom is -0.396 e. The Morgan fingerprint density at radius 2 is 2.60 bits per heavy atom. The van der Waals surface area contributed by atoms with Crippen LogP contribution in [-0.4, -0.2) is 24.5 Å². The summed E-state index contributed by atoms with van der Waals surface area (Å²) in [6.45, 7) is 0.610. The Balaban J connectivity index is 2.49. The van der Waals surface area contributed by atoms with E-state index >= 15 is 0 Å². The monoisotopic (exact) mass is 143 g/mol. The van der Waals surface area contributed by atoms with Crippen molar-refractivity contribution in [1.82, 2.24) is 0 Å². The van der Waals surface area contributed by atoms with Crippen molar-refractivity contribution in [3.63, 3.8) is 0 Å². The number of hydrogen-bond donors (Lipinski definition) is 1. The van der Waals surface area contributed by atoms with Gasteiger partial charge in [-0.1, -0.05) is 5.11 Å². The molecule has 5 heteroatoms. The molecule has 0 amide bonds. The zero-order valence-electron chi connectivity index (χ0n) is 5.47. The number of rotatable bonds is 2. The lowest BCUT2D eigenvalue weighted by Crippen LogP contribution is -2.15. The van der Waals surface area contributed by atoms with Crippen molar-refractivity contribution in [2.24, 2.45) is 11.0 Å². The molecule has 0 spiro atoms. The molecule has 2 atom stereocenters. The van der Waals surface area contributed by atoms with Gasteiger partial charge in [0, 0.05) is 24.0 Å². The first-order chi connectivity index (χ1) is 4.88. The molecular formula is C5H9N3O2. The average Bonchev–Trinajstić information content (AvgIpc) is 2.36. The SMILES string of the molecule is [N-]=[N+]=NC1OCCC1CO. The zero-order valence-corrected chi connectivity index (χ0v) is 5.47. The molecule has 5 nitrogen and oxygen atoms in total. The van der Waals surface area contributed by atoms with E-state index in [4.69, 9.17) is 15.4 Å². The molecule has 0 bridgehead atoms. The van der Waals surface area contributed by atoms with Crippen LogP contribution < -0.4 is 0 Å². The number of hydrogen-bond acceptors (Lipinski definition) is 3. The fourth-order valence-corrected chi connectivity index (χ4v) is 0.979. The van der Waals surface area contributed by atoms with E-state index < -0.39 is 6.23 Å². The van der Waals surface area contributed by atoms with E-state index in [1.807, 2.05) is 0 Å². The van der Waals surface area contributed by atoms with Crippen molar-refractivity contribution in [1.29, 1.82) is 0 Å². The van der Waals surface area contributed by atoms with Gasteiger partial charge in [0.2, 0.25) is 0 Å². The molecule has 1 heterocycles. The Morgan fingerprint density at radius 1 is 1.80 bits per heavy atom. The lowest BCUT2D eigenvalue weighted by Gasteiger charge is -2.08. The number of nitrogens with zero attached hydrogens (tertiary/aromatic N) is 3. The van der Waals surface area contributed by atoms with Gasteiger partial charge in [-0.25, -0.2) is 0 Å². The summed E-state index contributed by atoms with van der Waals surface area (Å²) in [6, 6.07) is 0. The topological polar surface area (TPSA) is 78.2 Å². The van der Waals surface area contributed by atoms with Crippen LogP contribution in [0.25, 0.3) is 10.4 Å². The molecule has 1 N–H and O–H groups in total. The second kappa shape index (κ2) is 3.41. The lowest BCUT2D eigenvalue weighted by molar-refractivity contribution is 0.0776. The maximum atomic E-state index is 8.70. The Kier molecular flexibility index (Phi) is 2.50. The molecule has 0 aromatic heterocycles. The van der Waals surface area contributed by atoms with Crippen LogP contribution in [0.3, 0.4) is 0 Å². The fourth-order valence-electron chi connectivity index (χ4n) is 0.979. The Hall–Kier alpha value is -0.770. The van der Waals surface area contributed by atoms with Crippen LogP contribution in [0.1, 0.15) is 6.42 Å². The molecule has 10 heavy (non-hydrogen) atoms. The largest absolute Gasteiger partial charge is 0.396 e. The van der Waals surface area contributed by atoms with E-state index in [0.717, 1.165) is 6.42 Å². The Morgan fingerprint density at radius 3 is 3.20 bits per heavy atom. The van der Waals surface area contributed by atoms with Crippen LogP contribution in [0, 0.1) is 5.92 Å². The molecule has 0 aliphatic carbocycles. The van der Waals surface area contributed by atoms with Crippen LogP contribution in [-0.2, 0) is 4.74 Å². The second-order valence-corrected chi connectivity index (χ2v) is 2.20. The Bertz CT molecular complexity index is 155. The highest BCUT2D eigenvalue weighted by atomic mass is 16.5. The van der Waals surface area contributed by atoms with Crippen molar-refractivity contribution < 1.29 is 9.84 Å². The fraction of sp³-hybridized carbons (Fsp3) is 1.00. The first-order valence-electron chi connectivity index (χ1n) is 3.15. The van der Waals surface area contributed by atoms with Gasteiger partial charge in [-0.15, -0.1) is 0 Å². The predicted octanol–water partition coefficient (Wildman–Crippen LogP) is 0.652. The summed E-state index contributed by atoms with van der Waals surface area (Å²) in [4.78, 5) is 2.60.